The first kappa shape index (κ1) is 32.8. The van der Waals surface area contributed by atoms with Gasteiger partial charge in [-0.3, -0.25) is 0 Å². The van der Waals surface area contributed by atoms with Crippen LogP contribution in [-0.2, 0) is 10.8 Å². The summed E-state index contributed by atoms with van der Waals surface area (Å²) >= 11 is 0. The minimum absolute atomic E-state index is 0.0663. The minimum atomic E-state index is -0.363. The zero-order valence-corrected chi connectivity index (χ0v) is 33.8. The van der Waals surface area contributed by atoms with E-state index >= 15 is 0 Å². The summed E-state index contributed by atoms with van der Waals surface area (Å²) < 4.78 is 0. The van der Waals surface area contributed by atoms with E-state index < -0.39 is 0 Å². The Morgan fingerprint density at radius 3 is 1.85 bits per heavy atom. The molecule has 9 aromatic carbocycles. The van der Waals surface area contributed by atoms with Crippen molar-refractivity contribution >= 4 is 57.0 Å². The largest absolute Gasteiger partial charge is 0.376 e. The van der Waals surface area contributed by atoms with Crippen LogP contribution in [0.2, 0.25) is 0 Å². The number of fused-ring (bicyclic) bond motifs is 9. The van der Waals surface area contributed by atoms with Crippen LogP contribution in [0.5, 0.6) is 0 Å². The lowest BCUT2D eigenvalue weighted by Crippen LogP contribution is -2.63. The van der Waals surface area contributed by atoms with Crippen LogP contribution in [0.25, 0.3) is 55.3 Å². The van der Waals surface area contributed by atoms with Gasteiger partial charge >= 0.3 is 6.85 Å². The molecule has 1 unspecified atom stereocenters. The molecule has 0 fully saturated rings. The van der Waals surface area contributed by atoms with E-state index in [1.165, 1.54) is 122 Å². The number of para-hydroxylation sites is 2. The van der Waals surface area contributed by atoms with E-state index in [1.54, 1.807) is 0 Å². The third-order valence-electron chi connectivity index (χ3n) is 14.9. The molecule has 0 N–H and O–H groups in total. The summed E-state index contributed by atoms with van der Waals surface area (Å²) in [6, 6.07) is 69.0. The van der Waals surface area contributed by atoms with Crippen LogP contribution < -0.4 is 20.6 Å². The summed E-state index contributed by atoms with van der Waals surface area (Å²) in [5.74, 6) is 0. The van der Waals surface area contributed by atoms with Gasteiger partial charge in [0.25, 0.3) is 0 Å². The van der Waals surface area contributed by atoms with E-state index in [1.807, 2.05) is 0 Å². The fourth-order valence-electron chi connectivity index (χ4n) is 12.4. The molecule has 2 nitrogen and oxygen atoms in total. The Balaban J connectivity index is 1.16. The lowest BCUT2D eigenvalue weighted by atomic mass is 9.41. The number of benzene rings is 9. The number of rotatable bonds is 3. The first-order valence-corrected chi connectivity index (χ1v) is 21.4. The molecule has 0 radical (unpaired) electrons. The first-order valence-electron chi connectivity index (χ1n) is 21.4. The molecule has 0 bridgehead atoms. The van der Waals surface area contributed by atoms with E-state index in [0.717, 1.165) is 0 Å². The SMILES string of the molecule is CC1(C)c2cccc3c2N2c4c5c(cc6c4C(C)(c4ccccc4-6)c4c2c1cc1ccccc41)-c1ccccc1N(c1cc(-c2ccccc2)cc(-c2ccccc2)c1)B35. The Morgan fingerprint density at radius 2 is 1.08 bits per heavy atom. The van der Waals surface area contributed by atoms with Crippen molar-refractivity contribution in [2.24, 2.45) is 0 Å². The van der Waals surface area contributed by atoms with Gasteiger partial charge in [0, 0.05) is 39.1 Å². The molecule has 4 aliphatic heterocycles. The zero-order chi connectivity index (χ0) is 39.6. The number of anilines is 5. The fraction of sp³-hybridized carbons (Fsp3) is 0.0877. The molecular formula is C57H39BN2. The molecule has 5 aliphatic rings. The number of hydrogen-bond acceptors (Lipinski definition) is 2. The minimum Gasteiger partial charge on any atom is -0.376 e. The molecule has 0 amide bonds. The van der Waals surface area contributed by atoms with Crippen LogP contribution in [0, 0.1) is 0 Å². The normalized spacial score (nSPS) is 17.4. The Morgan fingerprint density at radius 1 is 0.433 bits per heavy atom. The molecular weight excluding hydrogens is 723 g/mol. The number of nitrogens with zero attached hydrogens (tertiary/aromatic N) is 2. The molecule has 0 saturated heterocycles. The van der Waals surface area contributed by atoms with Crippen LogP contribution in [0.4, 0.5) is 28.4 Å². The van der Waals surface area contributed by atoms with Crippen molar-refractivity contribution in [2.45, 2.75) is 31.6 Å². The Hall–Kier alpha value is -7.10. The Labute approximate surface area is 351 Å². The maximum Gasteiger partial charge on any atom is 0.333 e. The van der Waals surface area contributed by atoms with Gasteiger partial charge < -0.3 is 9.71 Å². The van der Waals surface area contributed by atoms with Crippen molar-refractivity contribution in [1.29, 1.82) is 0 Å². The highest BCUT2D eigenvalue weighted by Crippen LogP contribution is 2.68. The van der Waals surface area contributed by atoms with Crippen LogP contribution in [0.15, 0.2) is 182 Å². The van der Waals surface area contributed by atoms with Gasteiger partial charge in [-0.15, -0.1) is 0 Å². The van der Waals surface area contributed by atoms with Crippen molar-refractivity contribution in [3.05, 3.63) is 210 Å². The molecule has 280 valence electrons. The monoisotopic (exact) mass is 762 g/mol. The average Bonchev–Trinajstić information content (AvgIpc) is 3.56. The highest BCUT2D eigenvalue weighted by Gasteiger charge is 2.58. The lowest BCUT2D eigenvalue weighted by molar-refractivity contribution is 0.620. The van der Waals surface area contributed by atoms with E-state index in [-0.39, 0.29) is 17.7 Å². The van der Waals surface area contributed by atoms with Gasteiger partial charge in [0.05, 0.1) is 5.69 Å². The molecule has 60 heavy (non-hydrogen) atoms. The second-order valence-corrected chi connectivity index (χ2v) is 18.1. The standard InChI is InChI=1S/C57H39BN2/c1-56(2)46-26-16-27-48-53(46)59-54-47(56)32-36-21-10-11-22-40(36)50(54)57(3)45-25-14-12-23-41(45)43-33-44-42-24-13-15-28-49(42)60(58(48)52(44)55(59)51(43)57)39-30-37(34-17-6-4-7-18-34)29-38(31-39)35-19-8-5-9-20-35/h4-33H,1-3H3. The molecule has 1 aliphatic carbocycles. The van der Waals surface area contributed by atoms with E-state index in [9.17, 15) is 0 Å². The van der Waals surface area contributed by atoms with E-state index in [0.29, 0.717) is 0 Å². The number of hydrogen-bond donors (Lipinski definition) is 0. The summed E-state index contributed by atoms with van der Waals surface area (Å²) in [4.78, 5) is 5.46. The van der Waals surface area contributed by atoms with Crippen molar-refractivity contribution in [2.75, 3.05) is 9.71 Å². The zero-order valence-electron chi connectivity index (χ0n) is 33.8. The van der Waals surface area contributed by atoms with Gasteiger partial charge in [0.2, 0.25) is 0 Å². The third-order valence-corrected chi connectivity index (χ3v) is 14.9. The van der Waals surface area contributed by atoms with Crippen LogP contribution >= 0.6 is 0 Å². The molecule has 1 atom stereocenters. The highest BCUT2D eigenvalue weighted by atomic mass is 15.2. The maximum absolute atomic E-state index is 2.76. The van der Waals surface area contributed by atoms with E-state index in [4.69, 9.17) is 0 Å². The summed E-state index contributed by atoms with van der Waals surface area (Å²) in [7, 11) is 0. The smallest absolute Gasteiger partial charge is 0.333 e. The lowest BCUT2D eigenvalue weighted by Gasteiger charge is -2.55. The summed E-state index contributed by atoms with van der Waals surface area (Å²) in [5.41, 5.74) is 26.0. The molecule has 14 rings (SSSR count). The van der Waals surface area contributed by atoms with Crippen LogP contribution in [-0.4, -0.2) is 6.85 Å². The molecule has 9 aromatic rings. The molecule has 3 heteroatoms. The van der Waals surface area contributed by atoms with Crippen molar-refractivity contribution in [3.63, 3.8) is 0 Å². The highest BCUT2D eigenvalue weighted by molar-refractivity contribution is 6.94. The summed E-state index contributed by atoms with van der Waals surface area (Å²) in [6.07, 6.45) is 0. The van der Waals surface area contributed by atoms with Crippen molar-refractivity contribution < 1.29 is 0 Å². The second kappa shape index (κ2) is 11.1. The van der Waals surface area contributed by atoms with Crippen LogP contribution in [0.3, 0.4) is 0 Å². The average molecular weight is 763 g/mol. The molecule has 0 saturated carbocycles. The maximum atomic E-state index is 2.76. The van der Waals surface area contributed by atoms with Gasteiger partial charge in [0.15, 0.2) is 0 Å². The fourth-order valence-corrected chi connectivity index (χ4v) is 12.4. The quantitative estimate of drug-likeness (QED) is 0.165. The first-order chi connectivity index (χ1) is 29.4. The summed E-state index contributed by atoms with van der Waals surface area (Å²) in [6.45, 7) is 7.41. The Kier molecular flexibility index (Phi) is 6.09. The third kappa shape index (κ3) is 3.83. The van der Waals surface area contributed by atoms with Crippen molar-refractivity contribution in [3.8, 4) is 44.5 Å². The van der Waals surface area contributed by atoms with E-state index in [2.05, 4.69) is 212 Å². The molecule has 0 aromatic heterocycles. The molecule has 4 heterocycles. The molecule has 0 spiro atoms. The van der Waals surface area contributed by atoms with Gasteiger partial charge in [-0.2, -0.15) is 0 Å². The van der Waals surface area contributed by atoms with Crippen LogP contribution in [0.1, 0.15) is 48.6 Å². The predicted octanol–water partition coefficient (Wildman–Crippen LogP) is 13.2. The summed E-state index contributed by atoms with van der Waals surface area (Å²) in [5, 5.41) is 2.66. The Bertz CT molecular complexity index is 3330. The topological polar surface area (TPSA) is 6.48 Å². The van der Waals surface area contributed by atoms with Crippen molar-refractivity contribution in [1.82, 2.24) is 0 Å². The van der Waals surface area contributed by atoms with Gasteiger partial charge in [-0.05, 0) is 132 Å². The van der Waals surface area contributed by atoms with Gasteiger partial charge in [0.1, 0.15) is 0 Å². The second-order valence-electron chi connectivity index (χ2n) is 18.1. The predicted molar refractivity (Wildman–Crippen MR) is 252 cm³/mol. The van der Waals surface area contributed by atoms with Gasteiger partial charge in [-0.1, -0.05) is 159 Å². The van der Waals surface area contributed by atoms with Gasteiger partial charge in [-0.25, -0.2) is 0 Å².